The predicted octanol–water partition coefficient (Wildman–Crippen LogP) is 2.74. The molecule has 0 spiro atoms. The smallest absolute Gasteiger partial charge is 0.305 e. The maximum atomic E-state index is 12.6. The maximum absolute atomic E-state index is 12.6. The highest BCUT2D eigenvalue weighted by Crippen LogP contribution is 2.29. The topological polar surface area (TPSA) is 62.5 Å². The molecular weight excluding hydrogens is 324 g/mol. The highest BCUT2D eigenvalue weighted by Gasteiger charge is 2.34. The van der Waals surface area contributed by atoms with Crippen molar-refractivity contribution < 1.29 is 14.7 Å². The number of halogens is 1. The van der Waals surface area contributed by atoms with E-state index >= 15 is 0 Å². The zero-order valence-corrected chi connectivity index (χ0v) is 13.1. The van der Waals surface area contributed by atoms with E-state index in [2.05, 4.69) is 22.9 Å². The minimum absolute atomic E-state index is 0.00209. The van der Waals surface area contributed by atoms with Crippen LogP contribution in [-0.2, 0) is 11.3 Å². The molecule has 0 aromatic carbocycles. The Morgan fingerprint density at radius 3 is 2.75 bits per heavy atom. The Labute approximate surface area is 126 Å². The van der Waals surface area contributed by atoms with Gasteiger partial charge in [-0.25, -0.2) is 0 Å². The van der Waals surface area contributed by atoms with Crippen LogP contribution in [0.25, 0.3) is 0 Å². The summed E-state index contributed by atoms with van der Waals surface area (Å²) < 4.78 is 2.81. The van der Waals surface area contributed by atoms with Crippen LogP contribution in [0.2, 0.25) is 0 Å². The number of amides is 1. The molecule has 1 amide bonds. The fourth-order valence-electron chi connectivity index (χ4n) is 2.28. The molecule has 1 fully saturated rings. The monoisotopic (exact) mass is 342 g/mol. The van der Waals surface area contributed by atoms with Crippen molar-refractivity contribution >= 4 is 27.8 Å². The van der Waals surface area contributed by atoms with Crippen molar-refractivity contribution in [2.45, 2.75) is 45.2 Å². The minimum atomic E-state index is -0.867. The third-order valence-corrected chi connectivity index (χ3v) is 3.80. The molecule has 1 heterocycles. The van der Waals surface area contributed by atoms with Gasteiger partial charge in [0.15, 0.2) is 0 Å². The molecule has 1 aromatic rings. The fraction of sp³-hybridized carbons (Fsp3) is 0.571. The highest BCUT2D eigenvalue weighted by atomic mass is 79.9. The molecule has 0 radical (unpaired) electrons. The molecule has 0 aliphatic heterocycles. The van der Waals surface area contributed by atoms with E-state index in [4.69, 9.17) is 5.11 Å². The number of aliphatic carboxylic acids is 1. The zero-order chi connectivity index (χ0) is 14.7. The van der Waals surface area contributed by atoms with Crippen LogP contribution < -0.4 is 0 Å². The molecule has 0 atom stereocenters. The van der Waals surface area contributed by atoms with Crippen molar-refractivity contribution in [3.05, 3.63) is 22.4 Å². The van der Waals surface area contributed by atoms with Gasteiger partial charge in [0.1, 0.15) is 5.69 Å². The van der Waals surface area contributed by atoms with Crippen LogP contribution in [0.5, 0.6) is 0 Å². The van der Waals surface area contributed by atoms with Crippen LogP contribution in [0.1, 0.15) is 43.1 Å². The average molecular weight is 343 g/mol. The summed E-state index contributed by atoms with van der Waals surface area (Å²) in [5.74, 6) is -0.929. The summed E-state index contributed by atoms with van der Waals surface area (Å²) in [6.45, 7) is 3.13. The molecule has 1 saturated carbocycles. The predicted molar refractivity (Wildman–Crippen MR) is 78.7 cm³/mol. The van der Waals surface area contributed by atoms with E-state index in [1.54, 1.807) is 4.90 Å². The van der Waals surface area contributed by atoms with Gasteiger partial charge >= 0.3 is 5.97 Å². The summed E-state index contributed by atoms with van der Waals surface area (Å²) in [6.07, 6.45) is 4.79. The summed E-state index contributed by atoms with van der Waals surface area (Å²) >= 11 is 3.40. The first kappa shape index (κ1) is 15.1. The van der Waals surface area contributed by atoms with Gasteiger partial charge in [0, 0.05) is 29.8 Å². The first-order valence-corrected chi connectivity index (χ1v) is 7.70. The van der Waals surface area contributed by atoms with Gasteiger partial charge in [-0.05, 0) is 41.3 Å². The van der Waals surface area contributed by atoms with Crippen LogP contribution in [0.15, 0.2) is 16.7 Å². The van der Waals surface area contributed by atoms with Crippen molar-refractivity contribution in [1.29, 1.82) is 0 Å². The van der Waals surface area contributed by atoms with Crippen LogP contribution >= 0.6 is 15.9 Å². The van der Waals surface area contributed by atoms with E-state index in [-0.39, 0.29) is 24.9 Å². The molecule has 1 N–H and O–H groups in total. The lowest BCUT2D eigenvalue weighted by Crippen LogP contribution is -2.36. The third kappa shape index (κ3) is 3.62. The number of hydrogen-bond acceptors (Lipinski definition) is 2. The van der Waals surface area contributed by atoms with Crippen molar-refractivity contribution in [3.63, 3.8) is 0 Å². The quantitative estimate of drug-likeness (QED) is 0.828. The summed E-state index contributed by atoms with van der Waals surface area (Å²) in [4.78, 5) is 25.1. The molecule has 5 nitrogen and oxygen atoms in total. The van der Waals surface area contributed by atoms with Crippen molar-refractivity contribution in [1.82, 2.24) is 9.47 Å². The van der Waals surface area contributed by atoms with Crippen molar-refractivity contribution in [3.8, 4) is 0 Å². The number of aryl methyl sites for hydroxylation is 1. The number of carbonyl (C=O) groups is 2. The van der Waals surface area contributed by atoms with Gasteiger partial charge in [-0.3, -0.25) is 9.59 Å². The number of hydrogen-bond donors (Lipinski definition) is 1. The zero-order valence-electron chi connectivity index (χ0n) is 11.5. The summed E-state index contributed by atoms with van der Waals surface area (Å²) in [7, 11) is 0. The average Bonchev–Trinajstić information content (AvgIpc) is 3.14. The molecule has 1 aromatic heterocycles. The normalized spacial score (nSPS) is 14.3. The first-order valence-electron chi connectivity index (χ1n) is 6.91. The SMILES string of the molecule is CCCn1cc(Br)cc1C(=O)N(CCC(=O)O)C1CC1. The van der Waals surface area contributed by atoms with E-state index < -0.39 is 5.97 Å². The maximum Gasteiger partial charge on any atom is 0.305 e. The van der Waals surface area contributed by atoms with Gasteiger partial charge in [0.2, 0.25) is 0 Å². The van der Waals surface area contributed by atoms with Gasteiger partial charge in [-0.15, -0.1) is 0 Å². The molecule has 1 aliphatic carbocycles. The molecule has 1 aliphatic rings. The third-order valence-electron chi connectivity index (χ3n) is 3.36. The van der Waals surface area contributed by atoms with Gasteiger partial charge in [-0.1, -0.05) is 6.92 Å². The van der Waals surface area contributed by atoms with E-state index in [1.165, 1.54) is 0 Å². The number of nitrogens with zero attached hydrogens (tertiary/aromatic N) is 2. The largest absolute Gasteiger partial charge is 0.481 e. The minimum Gasteiger partial charge on any atom is -0.481 e. The van der Waals surface area contributed by atoms with Gasteiger partial charge in [0.25, 0.3) is 5.91 Å². The summed E-state index contributed by atoms with van der Waals surface area (Å²) in [5.41, 5.74) is 0.635. The Hall–Kier alpha value is -1.30. The van der Waals surface area contributed by atoms with Gasteiger partial charge < -0.3 is 14.6 Å². The van der Waals surface area contributed by atoms with Crippen LogP contribution in [0, 0.1) is 0 Å². The molecule has 110 valence electrons. The first-order chi connectivity index (χ1) is 9.52. The molecule has 0 bridgehead atoms. The van der Waals surface area contributed by atoms with E-state index in [1.807, 2.05) is 16.8 Å². The second-order valence-electron chi connectivity index (χ2n) is 5.11. The Balaban J connectivity index is 2.16. The van der Waals surface area contributed by atoms with E-state index in [0.29, 0.717) is 5.69 Å². The van der Waals surface area contributed by atoms with Crippen molar-refractivity contribution in [2.24, 2.45) is 0 Å². The second kappa shape index (κ2) is 6.43. The number of carboxylic acids is 1. The lowest BCUT2D eigenvalue weighted by atomic mass is 10.3. The Morgan fingerprint density at radius 2 is 2.20 bits per heavy atom. The van der Waals surface area contributed by atoms with Gasteiger partial charge in [-0.2, -0.15) is 0 Å². The number of rotatable bonds is 7. The Morgan fingerprint density at radius 1 is 1.50 bits per heavy atom. The molecule has 2 rings (SSSR count). The lowest BCUT2D eigenvalue weighted by molar-refractivity contribution is -0.137. The summed E-state index contributed by atoms with van der Waals surface area (Å²) in [6, 6.07) is 2.03. The number of aromatic nitrogens is 1. The molecule has 20 heavy (non-hydrogen) atoms. The lowest BCUT2D eigenvalue weighted by Gasteiger charge is -2.22. The molecular formula is C14H19BrN2O3. The van der Waals surface area contributed by atoms with Crippen LogP contribution in [-0.4, -0.2) is 39.0 Å². The Bertz CT molecular complexity index is 509. The van der Waals surface area contributed by atoms with Gasteiger partial charge in [0.05, 0.1) is 6.42 Å². The Kier molecular flexibility index (Phi) is 4.86. The number of carbonyl (C=O) groups excluding carboxylic acids is 1. The van der Waals surface area contributed by atoms with E-state index in [9.17, 15) is 9.59 Å². The standard InChI is InChI=1S/C14H19BrN2O3/c1-2-6-16-9-10(15)8-12(16)14(20)17(11-3-4-11)7-5-13(18)19/h8-9,11H,2-7H2,1H3,(H,18,19). The molecule has 0 unspecified atom stereocenters. The second-order valence-corrected chi connectivity index (χ2v) is 6.03. The van der Waals surface area contributed by atoms with E-state index in [0.717, 1.165) is 30.3 Å². The van der Waals surface area contributed by atoms with Crippen LogP contribution in [0.3, 0.4) is 0 Å². The number of carboxylic acid groups (broad SMARTS) is 1. The van der Waals surface area contributed by atoms with Crippen molar-refractivity contribution in [2.75, 3.05) is 6.54 Å². The van der Waals surface area contributed by atoms with Crippen LogP contribution in [0.4, 0.5) is 0 Å². The fourth-order valence-corrected chi connectivity index (χ4v) is 2.74. The molecule has 0 saturated heterocycles. The highest BCUT2D eigenvalue weighted by molar-refractivity contribution is 9.10. The summed E-state index contributed by atoms with van der Waals surface area (Å²) in [5, 5.41) is 8.81. The molecule has 6 heteroatoms.